The van der Waals surface area contributed by atoms with Gasteiger partial charge in [0, 0.05) is 23.6 Å². The van der Waals surface area contributed by atoms with E-state index < -0.39 is 5.72 Å². The maximum atomic E-state index is 13.5. The fourth-order valence-corrected chi connectivity index (χ4v) is 5.08. The molecule has 6 nitrogen and oxygen atoms in total. The zero-order valence-corrected chi connectivity index (χ0v) is 22.3. The normalized spacial score (nSPS) is 22.0. The lowest BCUT2D eigenvalue weighted by atomic mass is 9.76. The van der Waals surface area contributed by atoms with E-state index in [0.29, 0.717) is 28.6 Å². The Morgan fingerprint density at radius 3 is 2.24 bits per heavy atom. The quantitative estimate of drug-likeness (QED) is 0.523. The fourth-order valence-electron chi connectivity index (χ4n) is 4.84. The molecule has 0 aromatic heterocycles. The number of hydrogen-bond donors (Lipinski definition) is 1. The number of halogens is 1. The Balaban J connectivity index is 1.90. The lowest BCUT2D eigenvalue weighted by Gasteiger charge is -2.52. The highest BCUT2D eigenvalue weighted by molar-refractivity contribution is 6.32. The average molecular weight is 487 g/mol. The van der Waals surface area contributed by atoms with Crippen LogP contribution in [0.3, 0.4) is 0 Å². The molecule has 34 heavy (non-hydrogen) atoms. The van der Waals surface area contributed by atoms with E-state index in [1.54, 1.807) is 31.3 Å². The van der Waals surface area contributed by atoms with Gasteiger partial charge in [0.05, 0.1) is 31.0 Å². The minimum Gasteiger partial charge on any atom is -0.495 e. The molecule has 1 saturated heterocycles. The van der Waals surface area contributed by atoms with Gasteiger partial charge in [0.1, 0.15) is 17.2 Å². The van der Waals surface area contributed by atoms with Crippen molar-refractivity contribution in [3.8, 4) is 17.2 Å². The zero-order chi connectivity index (χ0) is 25.2. The maximum absolute atomic E-state index is 13.5. The molecule has 2 amide bonds. The van der Waals surface area contributed by atoms with Gasteiger partial charge in [-0.15, -0.1) is 0 Å². The molecule has 2 aromatic rings. The molecule has 2 aromatic carbocycles. The molecular formula is C27H35ClN2O4. The Morgan fingerprint density at radius 2 is 1.68 bits per heavy atom. The number of methoxy groups -OCH3 is 2. The molecule has 1 N–H and O–H groups in total. The number of amides is 2. The van der Waals surface area contributed by atoms with E-state index in [0.717, 1.165) is 16.9 Å². The summed E-state index contributed by atoms with van der Waals surface area (Å²) in [6, 6.07) is 7.39. The summed E-state index contributed by atoms with van der Waals surface area (Å²) in [5.41, 5.74) is 2.79. The fraction of sp³-hybridized carbons (Fsp3) is 0.519. The Kier molecular flexibility index (Phi) is 5.75. The largest absolute Gasteiger partial charge is 0.495 e. The second kappa shape index (κ2) is 7.98. The Morgan fingerprint density at radius 1 is 1.03 bits per heavy atom. The molecule has 0 spiro atoms. The van der Waals surface area contributed by atoms with E-state index in [1.165, 1.54) is 5.56 Å². The molecule has 2 unspecified atom stereocenters. The molecular weight excluding hydrogens is 452 g/mol. The molecule has 7 heteroatoms. The van der Waals surface area contributed by atoms with Crippen molar-refractivity contribution in [3.05, 3.63) is 46.0 Å². The summed E-state index contributed by atoms with van der Waals surface area (Å²) in [6.07, 6.45) is 0.579. The first-order chi connectivity index (χ1) is 15.7. The van der Waals surface area contributed by atoms with Gasteiger partial charge in [-0.05, 0) is 35.4 Å². The summed E-state index contributed by atoms with van der Waals surface area (Å²) < 4.78 is 17.7. The van der Waals surface area contributed by atoms with Crippen molar-refractivity contribution < 1.29 is 19.0 Å². The van der Waals surface area contributed by atoms with Gasteiger partial charge in [0.15, 0.2) is 5.72 Å². The summed E-state index contributed by atoms with van der Waals surface area (Å²) in [5, 5.41) is 3.60. The van der Waals surface area contributed by atoms with Crippen LogP contribution in [0.4, 0.5) is 10.5 Å². The van der Waals surface area contributed by atoms with Crippen LogP contribution in [0.25, 0.3) is 0 Å². The molecule has 2 heterocycles. The van der Waals surface area contributed by atoms with Crippen molar-refractivity contribution in [3.63, 3.8) is 0 Å². The number of anilines is 1. The van der Waals surface area contributed by atoms with Crippen LogP contribution in [0.2, 0.25) is 5.02 Å². The van der Waals surface area contributed by atoms with Gasteiger partial charge >= 0.3 is 6.03 Å². The molecule has 2 aliphatic rings. The van der Waals surface area contributed by atoms with Gasteiger partial charge in [-0.25, -0.2) is 4.79 Å². The summed E-state index contributed by atoms with van der Waals surface area (Å²) in [7, 11) is 3.10. The minimum atomic E-state index is -0.936. The van der Waals surface area contributed by atoms with Crippen molar-refractivity contribution in [1.29, 1.82) is 0 Å². The molecule has 0 saturated carbocycles. The van der Waals surface area contributed by atoms with Crippen LogP contribution in [0.5, 0.6) is 17.2 Å². The number of rotatable bonds is 3. The first-order valence-electron chi connectivity index (χ1n) is 11.6. The molecule has 2 atom stereocenters. The number of benzene rings is 2. The molecule has 1 fully saturated rings. The number of nitrogens with one attached hydrogen (secondary N) is 1. The number of hydrogen-bond acceptors (Lipinski definition) is 4. The standard InChI is InChI=1S/C27H35ClN2O4/c1-25(2,3)15-10-16-19-14-27(7,34-23(16)17(11-15)26(4,5)6)30(24(31)29-19)20-12-18(28)21(32-8)13-22(20)33-9/h10-13,19H,14H2,1-9H3,(H,29,31). The highest BCUT2D eigenvalue weighted by atomic mass is 35.5. The first-order valence-corrected chi connectivity index (χ1v) is 12.0. The van der Waals surface area contributed by atoms with E-state index in [9.17, 15) is 4.79 Å². The smallest absolute Gasteiger partial charge is 0.325 e. The van der Waals surface area contributed by atoms with Crippen molar-refractivity contribution in [2.45, 2.75) is 77.5 Å². The number of carbonyl (C=O) groups is 1. The lowest BCUT2D eigenvalue weighted by Crippen LogP contribution is -2.65. The third kappa shape index (κ3) is 3.96. The molecule has 0 radical (unpaired) electrons. The molecule has 2 aliphatic heterocycles. The van der Waals surface area contributed by atoms with E-state index >= 15 is 0 Å². The van der Waals surface area contributed by atoms with Crippen molar-refractivity contribution in [2.75, 3.05) is 19.1 Å². The lowest BCUT2D eigenvalue weighted by molar-refractivity contribution is 0.0354. The summed E-state index contributed by atoms with van der Waals surface area (Å²) in [5.74, 6) is 1.79. The predicted octanol–water partition coefficient (Wildman–Crippen LogP) is 6.72. The monoisotopic (exact) mass is 486 g/mol. The first kappa shape index (κ1) is 24.5. The van der Waals surface area contributed by atoms with E-state index in [-0.39, 0.29) is 22.9 Å². The number of nitrogens with zero attached hydrogens (tertiary/aromatic N) is 1. The van der Waals surface area contributed by atoms with Crippen LogP contribution in [-0.2, 0) is 10.8 Å². The third-order valence-corrected chi connectivity index (χ3v) is 7.04. The van der Waals surface area contributed by atoms with Crippen LogP contribution < -0.4 is 24.4 Å². The van der Waals surface area contributed by atoms with Crippen molar-refractivity contribution >= 4 is 23.3 Å². The number of urea groups is 1. The number of carbonyl (C=O) groups excluding carboxylic acids is 1. The molecule has 184 valence electrons. The third-order valence-electron chi connectivity index (χ3n) is 6.74. The highest BCUT2D eigenvalue weighted by Crippen LogP contribution is 2.52. The van der Waals surface area contributed by atoms with Crippen LogP contribution >= 0.6 is 11.6 Å². The predicted molar refractivity (Wildman–Crippen MR) is 136 cm³/mol. The van der Waals surface area contributed by atoms with Gasteiger partial charge in [0.25, 0.3) is 0 Å². The molecule has 4 rings (SSSR count). The summed E-state index contributed by atoms with van der Waals surface area (Å²) in [4.78, 5) is 15.1. The zero-order valence-electron chi connectivity index (χ0n) is 21.6. The second-order valence-electron chi connectivity index (χ2n) is 11.4. The topological polar surface area (TPSA) is 60.0 Å². The second-order valence-corrected chi connectivity index (χ2v) is 11.8. The molecule has 0 aliphatic carbocycles. The Hall–Kier alpha value is -2.60. The van der Waals surface area contributed by atoms with E-state index in [2.05, 4.69) is 59.0 Å². The molecule has 2 bridgehead atoms. The van der Waals surface area contributed by atoms with Crippen LogP contribution in [0, 0.1) is 0 Å². The number of ether oxygens (including phenoxy) is 3. The van der Waals surface area contributed by atoms with Gasteiger partial charge in [-0.2, -0.15) is 0 Å². The van der Waals surface area contributed by atoms with Gasteiger partial charge in [0.2, 0.25) is 0 Å². The summed E-state index contributed by atoms with van der Waals surface area (Å²) >= 11 is 6.45. The van der Waals surface area contributed by atoms with E-state index in [1.807, 2.05) is 6.92 Å². The van der Waals surface area contributed by atoms with Crippen LogP contribution in [0.15, 0.2) is 24.3 Å². The minimum absolute atomic E-state index is 0.0340. The van der Waals surface area contributed by atoms with Crippen molar-refractivity contribution in [2.24, 2.45) is 0 Å². The van der Waals surface area contributed by atoms with Gasteiger partial charge in [-0.3, -0.25) is 4.90 Å². The number of fused-ring (bicyclic) bond motifs is 4. The Labute approximate surface area is 207 Å². The van der Waals surface area contributed by atoms with Crippen molar-refractivity contribution in [1.82, 2.24) is 5.32 Å². The maximum Gasteiger partial charge on any atom is 0.325 e. The van der Waals surface area contributed by atoms with Crippen LogP contribution in [-0.4, -0.2) is 26.0 Å². The van der Waals surface area contributed by atoms with Gasteiger partial charge in [-0.1, -0.05) is 59.2 Å². The van der Waals surface area contributed by atoms with E-state index in [4.69, 9.17) is 25.8 Å². The SMILES string of the molecule is COc1cc(OC)c(N2C(=O)NC3CC2(C)Oc2c3cc(C(C)(C)C)cc2C(C)(C)C)cc1Cl. The van der Waals surface area contributed by atoms with Crippen LogP contribution in [0.1, 0.15) is 77.6 Å². The highest BCUT2D eigenvalue weighted by Gasteiger charge is 2.52. The summed E-state index contributed by atoms with van der Waals surface area (Å²) in [6.45, 7) is 15.1. The van der Waals surface area contributed by atoms with Gasteiger partial charge < -0.3 is 19.5 Å². The average Bonchev–Trinajstić information content (AvgIpc) is 2.71. The Bertz CT molecular complexity index is 1150.